The molecule has 2 heterocycles. The van der Waals surface area contributed by atoms with Gasteiger partial charge in [-0.3, -0.25) is 4.99 Å². The molecule has 314 valence electrons. The summed E-state index contributed by atoms with van der Waals surface area (Å²) in [6.45, 7) is 6.92. The lowest BCUT2D eigenvalue weighted by atomic mass is 9.76. The van der Waals surface area contributed by atoms with E-state index in [-0.39, 0.29) is 11.6 Å². The van der Waals surface area contributed by atoms with Gasteiger partial charge in [0.25, 0.3) is 0 Å². The molecule has 0 spiro atoms. The third-order valence-corrected chi connectivity index (χ3v) is 12.5. The molecule has 4 heteroatoms. The van der Waals surface area contributed by atoms with Gasteiger partial charge in [-0.05, 0) is 75.6 Å². The normalized spacial score (nSPS) is 17.7. The number of fused-ring (bicyclic) bond motifs is 1. The van der Waals surface area contributed by atoms with E-state index in [0.717, 1.165) is 62.6 Å². The molecule has 8 aromatic rings. The first-order valence-corrected chi connectivity index (χ1v) is 22.4. The maximum Gasteiger partial charge on any atom is 0.160 e. The molecule has 4 nitrogen and oxygen atoms in total. The van der Waals surface area contributed by atoms with Crippen LogP contribution in [0.5, 0.6) is 0 Å². The Morgan fingerprint density at radius 3 is 1.74 bits per heavy atom. The molecule has 1 aliphatic carbocycles. The zero-order valence-corrected chi connectivity index (χ0v) is 37.0. The van der Waals surface area contributed by atoms with Crippen LogP contribution in [-0.2, 0) is 11.8 Å². The van der Waals surface area contributed by atoms with Crippen LogP contribution < -0.4 is 5.32 Å². The van der Waals surface area contributed by atoms with Crippen LogP contribution in [0.1, 0.15) is 60.3 Å². The van der Waals surface area contributed by atoms with Crippen molar-refractivity contribution in [2.24, 2.45) is 4.99 Å². The minimum absolute atomic E-state index is 0.180. The summed E-state index contributed by atoms with van der Waals surface area (Å²) in [6, 6.07) is 68.3. The van der Waals surface area contributed by atoms with E-state index in [1.165, 1.54) is 39.0 Å². The van der Waals surface area contributed by atoms with Gasteiger partial charge in [0.1, 0.15) is 6.17 Å². The SMILES string of the molecule is C\C1=C(c2ccc(-c3cc(-c4ccccc4)nc(-c4ccccc4)n3)cc2)/C=C\C=C\C(C)(C)c2cccc(-c3ccc(C4=CC(c5ccccc5)=NC(c5ccccc5)N4)cc3)c2C1. The van der Waals surface area contributed by atoms with Crippen LogP contribution in [0.25, 0.3) is 56.3 Å². The fourth-order valence-electron chi connectivity index (χ4n) is 9.01. The van der Waals surface area contributed by atoms with Crippen molar-refractivity contribution in [3.05, 3.63) is 263 Å². The largest absolute Gasteiger partial charge is 0.360 e. The van der Waals surface area contributed by atoms with Gasteiger partial charge in [0.15, 0.2) is 5.82 Å². The summed E-state index contributed by atoms with van der Waals surface area (Å²) < 4.78 is 0. The summed E-state index contributed by atoms with van der Waals surface area (Å²) in [5.41, 5.74) is 18.9. The van der Waals surface area contributed by atoms with Gasteiger partial charge in [-0.2, -0.15) is 0 Å². The summed E-state index contributed by atoms with van der Waals surface area (Å²) in [4.78, 5) is 15.2. The first-order chi connectivity index (χ1) is 31.9. The smallest absolute Gasteiger partial charge is 0.160 e. The van der Waals surface area contributed by atoms with Gasteiger partial charge in [-0.1, -0.05) is 232 Å². The number of hydrogen-bond acceptors (Lipinski definition) is 4. The molecule has 10 rings (SSSR count). The summed E-state index contributed by atoms with van der Waals surface area (Å²) in [6.07, 6.45) is 11.8. The highest BCUT2D eigenvalue weighted by molar-refractivity contribution is 6.13. The second-order valence-electron chi connectivity index (χ2n) is 17.4. The molecule has 0 amide bonds. The average Bonchev–Trinajstić information content (AvgIpc) is 3.37. The van der Waals surface area contributed by atoms with E-state index in [0.29, 0.717) is 5.82 Å². The Morgan fingerprint density at radius 2 is 1.08 bits per heavy atom. The highest BCUT2D eigenvalue weighted by Crippen LogP contribution is 2.39. The van der Waals surface area contributed by atoms with Crippen LogP contribution in [0.3, 0.4) is 0 Å². The number of nitrogens with one attached hydrogen (secondary N) is 1. The quantitative estimate of drug-likeness (QED) is 0.166. The molecule has 1 atom stereocenters. The van der Waals surface area contributed by atoms with Crippen LogP contribution in [0.15, 0.2) is 235 Å². The van der Waals surface area contributed by atoms with Gasteiger partial charge in [-0.25, -0.2) is 9.97 Å². The van der Waals surface area contributed by atoms with Gasteiger partial charge in [0, 0.05) is 27.8 Å². The van der Waals surface area contributed by atoms with Gasteiger partial charge in [0.05, 0.1) is 17.1 Å². The topological polar surface area (TPSA) is 50.2 Å². The Bertz CT molecular complexity index is 3070. The number of aromatic nitrogens is 2. The van der Waals surface area contributed by atoms with Crippen molar-refractivity contribution in [2.75, 3.05) is 0 Å². The van der Waals surface area contributed by atoms with Gasteiger partial charge < -0.3 is 5.32 Å². The summed E-state index contributed by atoms with van der Waals surface area (Å²) in [5, 5.41) is 3.74. The molecule has 1 aromatic heterocycles. The summed E-state index contributed by atoms with van der Waals surface area (Å²) in [5.74, 6) is 0.713. The van der Waals surface area contributed by atoms with Crippen molar-refractivity contribution >= 4 is 17.0 Å². The van der Waals surface area contributed by atoms with E-state index in [4.69, 9.17) is 15.0 Å². The zero-order valence-electron chi connectivity index (χ0n) is 37.0. The van der Waals surface area contributed by atoms with Crippen molar-refractivity contribution in [3.8, 4) is 45.0 Å². The lowest BCUT2D eigenvalue weighted by Crippen LogP contribution is -2.24. The van der Waals surface area contributed by atoms with Crippen LogP contribution >= 0.6 is 0 Å². The number of benzene rings is 7. The first kappa shape index (κ1) is 41.1. The molecule has 0 fully saturated rings. The Morgan fingerprint density at radius 1 is 0.523 bits per heavy atom. The fraction of sp³-hybridized carbons (Fsp3) is 0.0984. The second kappa shape index (κ2) is 18.0. The van der Waals surface area contributed by atoms with E-state index in [9.17, 15) is 0 Å². The predicted molar refractivity (Wildman–Crippen MR) is 271 cm³/mol. The monoisotopic (exact) mass is 838 g/mol. The van der Waals surface area contributed by atoms with Gasteiger partial charge in [-0.15, -0.1) is 0 Å². The molecule has 1 N–H and O–H groups in total. The average molecular weight is 839 g/mol. The standard InChI is InChI=1S/C61H50N4/c1-42-39-53-52(44-32-36-48(37-33-44)58-41-56(46-21-10-5-11-22-46)63-60(65-58)50-25-14-7-15-26-50)28-18-29-54(53)61(2,3)38-17-16-27-51(42)43-30-34-47(35-31-43)57-40-55(45-19-8-4-9-20-45)62-59(64-57)49-23-12-6-13-24-49/h4-38,40-41,60,65H,39H2,1-3H3/b27-16-,38-17+,51-42-. The third kappa shape index (κ3) is 8.85. The number of hydrogen-bond donors (Lipinski definition) is 1. The summed E-state index contributed by atoms with van der Waals surface area (Å²) >= 11 is 0. The van der Waals surface area contributed by atoms with Crippen molar-refractivity contribution in [1.82, 2.24) is 15.3 Å². The molecular weight excluding hydrogens is 789 g/mol. The van der Waals surface area contributed by atoms with E-state index in [1.807, 2.05) is 36.4 Å². The number of allylic oxidation sites excluding steroid dienone is 7. The van der Waals surface area contributed by atoms with Crippen LogP contribution in [-0.4, -0.2) is 15.7 Å². The number of nitrogens with zero attached hydrogens (tertiary/aromatic N) is 3. The van der Waals surface area contributed by atoms with E-state index in [1.54, 1.807) is 0 Å². The minimum Gasteiger partial charge on any atom is -0.360 e. The molecule has 0 saturated heterocycles. The van der Waals surface area contributed by atoms with E-state index >= 15 is 0 Å². The molecule has 1 unspecified atom stereocenters. The minimum atomic E-state index is -0.190. The van der Waals surface area contributed by atoms with Gasteiger partial charge >= 0.3 is 0 Å². The number of rotatable bonds is 8. The highest BCUT2D eigenvalue weighted by atomic mass is 15.1. The van der Waals surface area contributed by atoms with Crippen molar-refractivity contribution < 1.29 is 0 Å². The zero-order chi connectivity index (χ0) is 44.2. The van der Waals surface area contributed by atoms with E-state index in [2.05, 4.69) is 214 Å². The van der Waals surface area contributed by atoms with Gasteiger partial charge in [0.2, 0.25) is 0 Å². The third-order valence-electron chi connectivity index (χ3n) is 12.5. The Labute approximate surface area is 382 Å². The van der Waals surface area contributed by atoms with Crippen molar-refractivity contribution in [3.63, 3.8) is 0 Å². The van der Waals surface area contributed by atoms with Crippen molar-refractivity contribution in [2.45, 2.75) is 38.8 Å². The van der Waals surface area contributed by atoms with Crippen molar-refractivity contribution in [1.29, 1.82) is 0 Å². The molecule has 0 saturated carbocycles. The Kier molecular flexibility index (Phi) is 11.4. The molecule has 1 aliphatic heterocycles. The molecular formula is C61H50N4. The molecule has 0 bridgehead atoms. The summed E-state index contributed by atoms with van der Waals surface area (Å²) in [7, 11) is 0. The maximum atomic E-state index is 5.15. The highest BCUT2D eigenvalue weighted by Gasteiger charge is 2.25. The molecule has 0 radical (unpaired) electrons. The fourth-order valence-corrected chi connectivity index (χ4v) is 9.01. The second-order valence-corrected chi connectivity index (χ2v) is 17.4. The molecule has 2 aliphatic rings. The maximum absolute atomic E-state index is 5.15. The Hall–Kier alpha value is -7.95. The van der Waals surface area contributed by atoms with Crippen LogP contribution in [0, 0.1) is 0 Å². The van der Waals surface area contributed by atoms with Crippen LogP contribution in [0.4, 0.5) is 0 Å². The Balaban J connectivity index is 0.987. The number of aliphatic imine (C=N–C) groups is 1. The molecule has 7 aromatic carbocycles. The van der Waals surface area contributed by atoms with Crippen LogP contribution in [0.2, 0.25) is 0 Å². The first-order valence-electron chi connectivity index (χ1n) is 22.4. The lowest BCUT2D eigenvalue weighted by Gasteiger charge is -2.28. The molecule has 65 heavy (non-hydrogen) atoms. The van der Waals surface area contributed by atoms with E-state index < -0.39 is 0 Å². The lowest BCUT2D eigenvalue weighted by molar-refractivity contribution is 0.661. The predicted octanol–water partition coefficient (Wildman–Crippen LogP) is 14.7.